The molecule has 1 aromatic carbocycles. The molecule has 0 radical (unpaired) electrons. The highest BCUT2D eigenvalue weighted by Crippen LogP contribution is 2.13. The number of rotatable bonds is 8. The van der Waals surface area contributed by atoms with Crippen molar-refractivity contribution in [3.8, 4) is 0 Å². The number of nitrogens with one attached hydrogen (secondary N) is 2. The van der Waals surface area contributed by atoms with E-state index in [2.05, 4.69) is 27.4 Å². The van der Waals surface area contributed by atoms with Crippen LogP contribution in [-0.2, 0) is 4.74 Å². The van der Waals surface area contributed by atoms with E-state index in [1.807, 2.05) is 30.3 Å². The van der Waals surface area contributed by atoms with Gasteiger partial charge in [0.25, 0.3) is 0 Å². The summed E-state index contributed by atoms with van der Waals surface area (Å²) in [4.78, 5) is 6.73. The van der Waals surface area contributed by atoms with Crippen LogP contribution in [0.1, 0.15) is 18.4 Å². The Morgan fingerprint density at radius 1 is 1.20 bits per heavy atom. The minimum Gasteiger partial charge on any atom is -0.396 e. The Morgan fingerprint density at radius 2 is 1.88 bits per heavy atom. The zero-order chi connectivity index (χ0) is 17.9. The molecule has 0 amide bonds. The molecule has 25 heavy (non-hydrogen) atoms. The van der Waals surface area contributed by atoms with E-state index in [9.17, 15) is 5.11 Å². The van der Waals surface area contributed by atoms with Gasteiger partial charge >= 0.3 is 0 Å². The van der Waals surface area contributed by atoms with E-state index in [4.69, 9.17) is 4.74 Å². The molecule has 0 aromatic heterocycles. The van der Waals surface area contributed by atoms with Crippen molar-refractivity contribution in [1.29, 1.82) is 0 Å². The van der Waals surface area contributed by atoms with Gasteiger partial charge in [-0.3, -0.25) is 9.89 Å². The van der Waals surface area contributed by atoms with Gasteiger partial charge in [0.1, 0.15) is 0 Å². The third kappa shape index (κ3) is 7.02. The number of morpholine rings is 1. The molecule has 6 nitrogen and oxygen atoms in total. The Hall–Kier alpha value is -1.63. The van der Waals surface area contributed by atoms with Gasteiger partial charge in [-0.2, -0.15) is 0 Å². The lowest BCUT2D eigenvalue weighted by Gasteiger charge is -2.29. The Kier molecular flexibility index (Phi) is 8.72. The van der Waals surface area contributed by atoms with E-state index in [0.29, 0.717) is 12.5 Å². The second-order valence-corrected chi connectivity index (χ2v) is 6.64. The van der Waals surface area contributed by atoms with Gasteiger partial charge in [0.05, 0.1) is 19.8 Å². The lowest BCUT2D eigenvalue weighted by molar-refractivity contribution is 0.0320. The Labute approximate surface area is 151 Å². The normalized spacial score (nSPS) is 18.6. The van der Waals surface area contributed by atoms with Crippen molar-refractivity contribution in [2.24, 2.45) is 10.9 Å². The van der Waals surface area contributed by atoms with E-state index in [1.165, 1.54) is 0 Å². The fourth-order valence-electron chi connectivity index (χ4n) is 3.01. The molecule has 6 heteroatoms. The van der Waals surface area contributed by atoms with Crippen LogP contribution in [0.25, 0.3) is 0 Å². The van der Waals surface area contributed by atoms with Gasteiger partial charge in [0.2, 0.25) is 0 Å². The van der Waals surface area contributed by atoms with Crippen LogP contribution in [0.15, 0.2) is 35.3 Å². The van der Waals surface area contributed by atoms with Crippen LogP contribution < -0.4 is 10.6 Å². The van der Waals surface area contributed by atoms with Gasteiger partial charge < -0.3 is 20.5 Å². The molecule has 3 N–H and O–H groups in total. The van der Waals surface area contributed by atoms with Crippen LogP contribution in [0.3, 0.4) is 0 Å². The van der Waals surface area contributed by atoms with Crippen LogP contribution in [0.5, 0.6) is 0 Å². The molecule has 1 aliphatic rings. The number of guanidine groups is 1. The summed E-state index contributed by atoms with van der Waals surface area (Å²) in [7, 11) is 1.78. The van der Waals surface area contributed by atoms with Crippen LogP contribution >= 0.6 is 0 Å². The van der Waals surface area contributed by atoms with Gasteiger partial charge in [-0.05, 0) is 11.5 Å². The molecule has 2 rings (SSSR count). The van der Waals surface area contributed by atoms with E-state index in [-0.39, 0.29) is 12.5 Å². The summed E-state index contributed by atoms with van der Waals surface area (Å²) in [5.74, 6) is 1.37. The van der Waals surface area contributed by atoms with Crippen LogP contribution in [0.2, 0.25) is 0 Å². The van der Waals surface area contributed by atoms with Crippen molar-refractivity contribution in [2.75, 3.05) is 59.6 Å². The number of aliphatic imine (C=N–C) groups is 1. The largest absolute Gasteiger partial charge is 0.396 e. The average Bonchev–Trinajstić information content (AvgIpc) is 2.66. The molecule has 2 atom stereocenters. The molecule has 1 fully saturated rings. The molecule has 2 unspecified atom stereocenters. The zero-order valence-corrected chi connectivity index (χ0v) is 15.4. The van der Waals surface area contributed by atoms with Crippen molar-refractivity contribution < 1.29 is 9.84 Å². The monoisotopic (exact) mass is 348 g/mol. The smallest absolute Gasteiger partial charge is 0.191 e. The molecule has 0 bridgehead atoms. The average molecular weight is 348 g/mol. The van der Waals surface area contributed by atoms with Crippen LogP contribution in [0.4, 0.5) is 0 Å². The first-order valence-corrected chi connectivity index (χ1v) is 9.13. The fraction of sp³-hybridized carbons (Fsp3) is 0.632. The molecular formula is C19H32N4O2. The molecular weight excluding hydrogens is 316 g/mol. The third-order valence-electron chi connectivity index (χ3n) is 4.52. The quantitative estimate of drug-likeness (QED) is 0.481. The summed E-state index contributed by atoms with van der Waals surface area (Å²) in [6.45, 7) is 8.66. The van der Waals surface area contributed by atoms with E-state index < -0.39 is 0 Å². The number of aliphatic hydroxyl groups excluding tert-OH is 1. The predicted molar refractivity (Wildman–Crippen MR) is 102 cm³/mol. The van der Waals surface area contributed by atoms with Gasteiger partial charge in [0, 0.05) is 45.7 Å². The molecule has 1 aliphatic heterocycles. The maximum Gasteiger partial charge on any atom is 0.191 e. The number of ether oxygens (including phenoxy) is 1. The molecule has 0 aliphatic carbocycles. The molecule has 140 valence electrons. The lowest BCUT2D eigenvalue weighted by atomic mass is 10.0. The van der Waals surface area contributed by atoms with Gasteiger partial charge in [-0.1, -0.05) is 37.3 Å². The van der Waals surface area contributed by atoms with Gasteiger partial charge in [0.15, 0.2) is 5.96 Å². The second-order valence-electron chi connectivity index (χ2n) is 6.64. The topological polar surface area (TPSA) is 69.1 Å². The summed E-state index contributed by atoms with van der Waals surface area (Å²) < 4.78 is 5.39. The first-order chi connectivity index (χ1) is 12.2. The number of nitrogens with zero attached hydrogens (tertiary/aromatic N) is 2. The first kappa shape index (κ1) is 19.7. The first-order valence-electron chi connectivity index (χ1n) is 9.13. The maximum absolute atomic E-state index is 9.65. The standard InChI is InChI=1S/C19H32N4O2/c1-16(14-23-8-10-25-11-9-23)12-21-19(20-2)22-13-18(15-24)17-6-4-3-5-7-17/h3-7,16,18,24H,8-15H2,1-2H3,(H2,20,21,22). The van der Waals surface area contributed by atoms with E-state index in [1.54, 1.807) is 7.05 Å². The number of benzene rings is 1. The van der Waals surface area contributed by atoms with Gasteiger partial charge in [-0.25, -0.2) is 0 Å². The molecule has 0 saturated carbocycles. The highest BCUT2D eigenvalue weighted by Gasteiger charge is 2.15. The molecule has 0 spiro atoms. The Balaban J connectivity index is 1.72. The van der Waals surface area contributed by atoms with Crippen molar-refractivity contribution in [1.82, 2.24) is 15.5 Å². The summed E-state index contributed by atoms with van der Waals surface area (Å²) in [6.07, 6.45) is 0. The molecule has 1 heterocycles. The number of aliphatic hydroxyl groups is 1. The lowest BCUT2D eigenvalue weighted by Crippen LogP contribution is -2.44. The number of hydrogen-bond donors (Lipinski definition) is 3. The van der Waals surface area contributed by atoms with Gasteiger partial charge in [-0.15, -0.1) is 0 Å². The van der Waals surface area contributed by atoms with Crippen molar-refractivity contribution in [3.63, 3.8) is 0 Å². The summed E-state index contributed by atoms with van der Waals surface area (Å²) >= 11 is 0. The fourth-order valence-corrected chi connectivity index (χ4v) is 3.01. The van der Waals surface area contributed by atoms with E-state index in [0.717, 1.165) is 50.9 Å². The third-order valence-corrected chi connectivity index (χ3v) is 4.52. The highest BCUT2D eigenvalue weighted by atomic mass is 16.5. The predicted octanol–water partition coefficient (Wildman–Crippen LogP) is 0.896. The highest BCUT2D eigenvalue weighted by molar-refractivity contribution is 5.79. The molecule has 1 aromatic rings. The summed E-state index contributed by atoms with van der Waals surface area (Å²) in [5.41, 5.74) is 1.13. The Bertz CT molecular complexity index is 503. The minimum absolute atomic E-state index is 0.0607. The van der Waals surface area contributed by atoms with Crippen molar-refractivity contribution in [2.45, 2.75) is 12.8 Å². The number of hydrogen-bond acceptors (Lipinski definition) is 4. The Morgan fingerprint density at radius 3 is 2.52 bits per heavy atom. The minimum atomic E-state index is 0.0607. The summed E-state index contributed by atoms with van der Waals surface area (Å²) in [6, 6.07) is 10.1. The zero-order valence-electron chi connectivity index (χ0n) is 15.4. The van der Waals surface area contributed by atoms with E-state index >= 15 is 0 Å². The second kappa shape index (κ2) is 11.1. The van der Waals surface area contributed by atoms with Crippen LogP contribution in [-0.4, -0.2) is 75.6 Å². The summed E-state index contributed by atoms with van der Waals surface area (Å²) in [5, 5.41) is 16.4. The molecule has 1 saturated heterocycles. The van der Waals surface area contributed by atoms with Crippen LogP contribution in [0, 0.1) is 5.92 Å². The van der Waals surface area contributed by atoms with Crippen molar-refractivity contribution >= 4 is 5.96 Å². The maximum atomic E-state index is 9.65. The van der Waals surface area contributed by atoms with Crippen molar-refractivity contribution in [3.05, 3.63) is 35.9 Å². The SMILES string of the molecule is CN=C(NCC(C)CN1CCOCC1)NCC(CO)c1ccccc1.